The lowest BCUT2D eigenvalue weighted by molar-refractivity contribution is 0.679. The third-order valence-electron chi connectivity index (χ3n) is 2.98. The summed E-state index contributed by atoms with van der Waals surface area (Å²) >= 11 is 5.87. The van der Waals surface area contributed by atoms with Gasteiger partial charge in [-0.2, -0.15) is 0 Å². The quantitative estimate of drug-likeness (QED) is 0.713. The van der Waals surface area contributed by atoms with Crippen molar-refractivity contribution in [2.45, 2.75) is 45.2 Å². The first-order valence-corrected chi connectivity index (χ1v) is 8.10. The van der Waals surface area contributed by atoms with Gasteiger partial charge in [0, 0.05) is 28.2 Å². The molecule has 0 aromatic heterocycles. The molecule has 0 spiro atoms. The number of halogens is 1. The second kappa shape index (κ2) is 7.17. The maximum atomic E-state index is 11.9. The fourth-order valence-electron chi connectivity index (χ4n) is 1.79. The van der Waals surface area contributed by atoms with Crippen LogP contribution in [0.4, 0.5) is 0 Å². The predicted molar refractivity (Wildman–Crippen MR) is 77.1 cm³/mol. The number of unbranched alkanes of at least 4 members (excludes halogenated alkanes) is 1. The van der Waals surface area contributed by atoms with Gasteiger partial charge in [-0.15, -0.1) is 11.6 Å². The number of rotatable bonds is 6. The van der Waals surface area contributed by atoms with Crippen LogP contribution in [0.2, 0.25) is 0 Å². The second-order valence-electron chi connectivity index (χ2n) is 4.48. The van der Waals surface area contributed by atoms with E-state index in [0.717, 1.165) is 18.6 Å². The summed E-state index contributed by atoms with van der Waals surface area (Å²) in [7, 11) is -0.731. The molecule has 17 heavy (non-hydrogen) atoms. The Bertz CT molecular complexity index is 401. The lowest BCUT2D eigenvalue weighted by Gasteiger charge is -2.10. The van der Waals surface area contributed by atoms with Gasteiger partial charge in [-0.25, -0.2) is 0 Å². The molecule has 96 valence electrons. The van der Waals surface area contributed by atoms with Crippen LogP contribution in [0.1, 0.15) is 42.0 Å². The lowest BCUT2D eigenvalue weighted by atomic mass is 10.0. The Morgan fingerprint density at radius 2 is 1.76 bits per heavy atom. The maximum absolute atomic E-state index is 11.9. The van der Waals surface area contributed by atoms with Crippen LogP contribution >= 0.6 is 11.6 Å². The van der Waals surface area contributed by atoms with E-state index >= 15 is 0 Å². The molecular weight excluding hydrogens is 252 g/mol. The summed E-state index contributed by atoms with van der Waals surface area (Å²) in [6, 6.07) is 4.26. The smallest absolute Gasteiger partial charge is 0.0488 e. The minimum atomic E-state index is -0.731. The van der Waals surface area contributed by atoms with Crippen LogP contribution in [0, 0.1) is 13.8 Å². The summed E-state index contributed by atoms with van der Waals surface area (Å²) in [4.78, 5) is 0. The number of benzene rings is 1. The fourth-order valence-corrected chi connectivity index (χ4v) is 3.49. The van der Waals surface area contributed by atoms with Crippen molar-refractivity contribution in [2.75, 3.05) is 5.75 Å². The van der Waals surface area contributed by atoms with Gasteiger partial charge in [-0.3, -0.25) is 4.21 Å². The first-order valence-electron chi connectivity index (χ1n) is 6.08. The summed E-state index contributed by atoms with van der Waals surface area (Å²) in [5, 5.41) is 0. The van der Waals surface area contributed by atoms with Crippen LogP contribution in [-0.2, 0) is 22.4 Å². The Kier molecular flexibility index (Phi) is 6.21. The van der Waals surface area contributed by atoms with E-state index in [1.165, 1.54) is 22.3 Å². The largest absolute Gasteiger partial charge is 0.259 e. The summed E-state index contributed by atoms with van der Waals surface area (Å²) in [5.74, 6) is 2.04. The van der Waals surface area contributed by atoms with Gasteiger partial charge in [0.25, 0.3) is 0 Å². The highest BCUT2D eigenvalue weighted by atomic mass is 35.5. The molecule has 0 aliphatic rings. The number of alkyl halides is 1. The Labute approximate surface area is 112 Å². The van der Waals surface area contributed by atoms with Crippen molar-refractivity contribution in [2.24, 2.45) is 0 Å². The standard InChI is InChI=1S/C14H21ClOS/c1-4-5-6-17(16)10-14-8-11(2)13(9-15)7-12(14)3/h7-8H,4-6,9-10H2,1-3H3. The average molecular weight is 273 g/mol. The third kappa shape index (κ3) is 4.44. The average Bonchev–Trinajstić information content (AvgIpc) is 2.30. The van der Waals surface area contributed by atoms with E-state index in [9.17, 15) is 4.21 Å². The number of hydrogen-bond donors (Lipinski definition) is 0. The molecule has 1 aromatic rings. The highest BCUT2D eigenvalue weighted by Crippen LogP contribution is 2.19. The van der Waals surface area contributed by atoms with Crippen LogP contribution in [0.25, 0.3) is 0 Å². The van der Waals surface area contributed by atoms with Crippen molar-refractivity contribution in [1.29, 1.82) is 0 Å². The SMILES string of the molecule is CCCCS(=O)Cc1cc(C)c(CCl)cc1C. The van der Waals surface area contributed by atoms with E-state index in [1.807, 2.05) is 0 Å². The van der Waals surface area contributed by atoms with Crippen molar-refractivity contribution in [1.82, 2.24) is 0 Å². The van der Waals surface area contributed by atoms with Crippen molar-refractivity contribution >= 4 is 22.4 Å². The van der Waals surface area contributed by atoms with Gasteiger partial charge in [0.15, 0.2) is 0 Å². The molecule has 0 aliphatic carbocycles. The van der Waals surface area contributed by atoms with Crippen molar-refractivity contribution in [3.8, 4) is 0 Å². The van der Waals surface area contributed by atoms with Crippen LogP contribution < -0.4 is 0 Å². The molecule has 1 rings (SSSR count). The molecule has 1 aromatic carbocycles. The minimum absolute atomic E-state index is 0.547. The van der Waals surface area contributed by atoms with Crippen LogP contribution in [0.5, 0.6) is 0 Å². The highest BCUT2D eigenvalue weighted by Gasteiger charge is 2.07. The topological polar surface area (TPSA) is 17.1 Å². The van der Waals surface area contributed by atoms with Gasteiger partial charge in [-0.05, 0) is 42.5 Å². The van der Waals surface area contributed by atoms with Gasteiger partial charge in [0.05, 0.1) is 0 Å². The molecule has 1 nitrogen and oxygen atoms in total. The van der Waals surface area contributed by atoms with E-state index < -0.39 is 10.8 Å². The summed E-state index contributed by atoms with van der Waals surface area (Å²) in [5.41, 5.74) is 4.78. The van der Waals surface area contributed by atoms with Gasteiger partial charge >= 0.3 is 0 Å². The molecule has 3 heteroatoms. The zero-order valence-corrected chi connectivity index (χ0v) is 12.5. The first kappa shape index (κ1) is 14.7. The molecule has 0 bridgehead atoms. The van der Waals surface area contributed by atoms with E-state index in [4.69, 9.17) is 11.6 Å². The summed E-state index contributed by atoms with van der Waals surface area (Å²) < 4.78 is 11.9. The predicted octanol–water partition coefficient (Wildman–Crippen LogP) is 4.09. The Morgan fingerprint density at radius 1 is 1.18 bits per heavy atom. The molecule has 0 fully saturated rings. The van der Waals surface area contributed by atoms with Gasteiger partial charge < -0.3 is 0 Å². The Balaban J connectivity index is 2.78. The normalized spacial score (nSPS) is 12.7. The minimum Gasteiger partial charge on any atom is -0.259 e. The summed E-state index contributed by atoms with van der Waals surface area (Å²) in [6.07, 6.45) is 2.15. The molecule has 0 amide bonds. The van der Waals surface area contributed by atoms with Crippen molar-refractivity contribution in [3.05, 3.63) is 34.4 Å². The van der Waals surface area contributed by atoms with E-state index in [1.54, 1.807) is 0 Å². The third-order valence-corrected chi connectivity index (χ3v) is 4.65. The maximum Gasteiger partial charge on any atom is 0.0488 e. The molecule has 0 heterocycles. The van der Waals surface area contributed by atoms with Gasteiger partial charge in [0.2, 0.25) is 0 Å². The Morgan fingerprint density at radius 3 is 2.35 bits per heavy atom. The van der Waals surface area contributed by atoms with Crippen LogP contribution in [-0.4, -0.2) is 9.96 Å². The monoisotopic (exact) mass is 272 g/mol. The molecule has 0 saturated carbocycles. The zero-order valence-electron chi connectivity index (χ0n) is 10.9. The number of hydrogen-bond acceptors (Lipinski definition) is 1. The molecule has 1 atom stereocenters. The lowest BCUT2D eigenvalue weighted by Crippen LogP contribution is -2.03. The molecule has 0 N–H and O–H groups in total. The van der Waals surface area contributed by atoms with E-state index in [2.05, 4.69) is 32.9 Å². The van der Waals surface area contributed by atoms with Crippen LogP contribution in [0.15, 0.2) is 12.1 Å². The molecular formula is C14H21ClOS. The summed E-state index contributed by atoms with van der Waals surface area (Å²) in [6.45, 7) is 6.26. The second-order valence-corrected chi connectivity index (χ2v) is 6.32. The van der Waals surface area contributed by atoms with Gasteiger partial charge in [-0.1, -0.05) is 25.5 Å². The first-order chi connectivity index (χ1) is 8.08. The molecule has 1 unspecified atom stereocenters. The van der Waals surface area contributed by atoms with Gasteiger partial charge in [0.1, 0.15) is 0 Å². The van der Waals surface area contributed by atoms with E-state index in [0.29, 0.717) is 11.6 Å². The number of aryl methyl sites for hydroxylation is 2. The van der Waals surface area contributed by atoms with Crippen molar-refractivity contribution in [3.63, 3.8) is 0 Å². The zero-order chi connectivity index (χ0) is 12.8. The molecule has 0 saturated heterocycles. The van der Waals surface area contributed by atoms with E-state index in [-0.39, 0.29) is 0 Å². The van der Waals surface area contributed by atoms with Crippen LogP contribution in [0.3, 0.4) is 0 Å². The fraction of sp³-hybridized carbons (Fsp3) is 0.571. The van der Waals surface area contributed by atoms with Crippen molar-refractivity contribution < 1.29 is 4.21 Å². The molecule has 0 radical (unpaired) electrons. The highest BCUT2D eigenvalue weighted by molar-refractivity contribution is 7.84. The molecule has 0 aliphatic heterocycles. The Hall–Kier alpha value is -0.340.